The van der Waals surface area contributed by atoms with Gasteiger partial charge in [-0.05, 0) is 45.4 Å². The molecule has 102 valence electrons. The van der Waals surface area contributed by atoms with Crippen molar-refractivity contribution in [2.24, 2.45) is 10.8 Å². The first-order chi connectivity index (χ1) is 8.67. The van der Waals surface area contributed by atoms with Gasteiger partial charge in [0.25, 0.3) is 0 Å². The Morgan fingerprint density at radius 2 is 1.58 bits per heavy atom. The minimum atomic E-state index is -1.09. The number of ketones is 1. The zero-order valence-corrected chi connectivity index (χ0v) is 12.2. The highest BCUT2D eigenvalue weighted by Crippen LogP contribution is 2.47. The third kappa shape index (κ3) is 2.16. The number of hydrogen-bond donors (Lipinski definition) is 0. The third-order valence-electron chi connectivity index (χ3n) is 3.72. The number of rotatable bonds is 1. The molecule has 1 atom stereocenters. The van der Waals surface area contributed by atoms with E-state index in [-0.39, 0.29) is 5.78 Å². The summed E-state index contributed by atoms with van der Waals surface area (Å²) in [5.41, 5.74) is -1.07. The average Bonchev–Trinajstić information content (AvgIpc) is 2.34. The molecule has 1 aliphatic rings. The van der Waals surface area contributed by atoms with Crippen molar-refractivity contribution in [2.75, 3.05) is 0 Å². The molecule has 1 aromatic rings. The standard InChI is InChI=1S/C15H17ClO3/c1-14(2)11(9-5-7-10(16)8-6-9)19-13(18)15(3,4)12(14)17/h5-8,11H,1-4H3. The molecule has 0 bridgehead atoms. The molecule has 0 amide bonds. The number of carbonyl (C=O) groups excluding carboxylic acids is 2. The Morgan fingerprint density at radius 3 is 2.11 bits per heavy atom. The first-order valence-electron chi connectivity index (χ1n) is 6.19. The molecule has 2 rings (SSSR count). The van der Waals surface area contributed by atoms with E-state index in [9.17, 15) is 9.59 Å². The van der Waals surface area contributed by atoms with E-state index in [4.69, 9.17) is 16.3 Å². The maximum atomic E-state index is 12.5. The number of carbonyl (C=O) groups is 2. The fraction of sp³-hybridized carbons (Fsp3) is 0.467. The van der Waals surface area contributed by atoms with Crippen LogP contribution in [0.4, 0.5) is 0 Å². The Hall–Kier alpha value is -1.35. The summed E-state index contributed by atoms with van der Waals surface area (Å²) < 4.78 is 5.51. The Balaban J connectivity index is 2.45. The van der Waals surface area contributed by atoms with E-state index >= 15 is 0 Å². The van der Waals surface area contributed by atoms with Crippen LogP contribution in [0.15, 0.2) is 24.3 Å². The SMILES string of the molecule is CC1(C)C(=O)OC(c2ccc(Cl)cc2)C(C)(C)C1=O. The van der Waals surface area contributed by atoms with Crippen LogP contribution in [0, 0.1) is 10.8 Å². The maximum absolute atomic E-state index is 12.5. The summed E-state index contributed by atoms with van der Waals surface area (Å²) in [7, 11) is 0. The van der Waals surface area contributed by atoms with Crippen molar-refractivity contribution in [1.29, 1.82) is 0 Å². The number of halogens is 1. The van der Waals surface area contributed by atoms with Crippen LogP contribution in [0.3, 0.4) is 0 Å². The molecule has 1 aromatic carbocycles. The highest BCUT2D eigenvalue weighted by molar-refractivity contribution is 6.30. The Morgan fingerprint density at radius 1 is 1.05 bits per heavy atom. The van der Waals surface area contributed by atoms with Crippen molar-refractivity contribution in [3.05, 3.63) is 34.9 Å². The van der Waals surface area contributed by atoms with Crippen LogP contribution in [0.5, 0.6) is 0 Å². The second-order valence-electron chi connectivity index (χ2n) is 6.01. The van der Waals surface area contributed by atoms with Crippen molar-refractivity contribution >= 4 is 23.4 Å². The van der Waals surface area contributed by atoms with E-state index in [0.717, 1.165) is 5.56 Å². The van der Waals surface area contributed by atoms with E-state index in [0.29, 0.717) is 5.02 Å². The third-order valence-corrected chi connectivity index (χ3v) is 3.97. The first-order valence-corrected chi connectivity index (χ1v) is 6.56. The number of Topliss-reactive ketones (excluding diaryl/α,β-unsaturated/α-hetero) is 1. The summed E-state index contributed by atoms with van der Waals surface area (Å²) >= 11 is 5.85. The average molecular weight is 281 g/mol. The van der Waals surface area contributed by atoms with Crippen molar-refractivity contribution in [3.63, 3.8) is 0 Å². The summed E-state index contributed by atoms with van der Waals surface area (Å²) in [6.07, 6.45) is -0.571. The van der Waals surface area contributed by atoms with Gasteiger partial charge >= 0.3 is 5.97 Å². The van der Waals surface area contributed by atoms with E-state index in [1.54, 1.807) is 38.1 Å². The molecule has 0 N–H and O–H groups in total. The van der Waals surface area contributed by atoms with Crippen LogP contribution in [-0.2, 0) is 14.3 Å². The summed E-state index contributed by atoms with van der Waals surface area (Å²) in [5.74, 6) is -0.576. The largest absolute Gasteiger partial charge is 0.456 e. The number of esters is 1. The lowest BCUT2D eigenvalue weighted by atomic mass is 9.67. The number of hydrogen-bond acceptors (Lipinski definition) is 3. The minimum absolute atomic E-state index is 0.101. The van der Waals surface area contributed by atoms with Gasteiger partial charge in [-0.2, -0.15) is 0 Å². The second-order valence-corrected chi connectivity index (χ2v) is 6.45. The van der Waals surface area contributed by atoms with Crippen molar-refractivity contribution in [3.8, 4) is 0 Å². The summed E-state index contributed by atoms with van der Waals surface area (Å²) in [5, 5.41) is 0.607. The van der Waals surface area contributed by atoms with Gasteiger partial charge in [0, 0.05) is 5.02 Å². The predicted molar refractivity (Wildman–Crippen MR) is 72.9 cm³/mol. The van der Waals surface area contributed by atoms with E-state index < -0.39 is 22.9 Å². The molecular weight excluding hydrogens is 264 g/mol. The van der Waals surface area contributed by atoms with Gasteiger partial charge in [-0.1, -0.05) is 23.7 Å². The molecule has 0 aliphatic carbocycles. The molecule has 1 saturated heterocycles. The molecule has 19 heavy (non-hydrogen) atoms. The lowest BCUT2D eigenvalue weighted by Crippen LogP contribution is -2.52. The predicted octanol–water partition coefficient (Wildman–Crippen LogP) is 3.56. The zero-order chi connectivity index (χ0) is 14.4. The normalized spacial score (nSPS) is 25.0. The monoisotopic (exact) mass is 280 g/mol. The molecule has 0 saturated carbocycles. The highest BCUT2D eigenvalue weighted by Gasteiger charge is 2.55. The van der Waals surface area contributed by atoms with Gasteiger partial charge in [-0.25, -0.2) is 0 Å². The molecule has 0 spiro atoms. The van der Waals surface area contributed by atoms with Crippen LogP contribution >= 0.6 is 11.6 Å². The molecule has 1 unspecified atom stereocenters. The van der Waals surface area contributed by atoms with Gasteiger partial charge in [0.15, 0.2) is 5.78 Å². The van der Waals surface area contributed by atoms with Crippen LogP contribution in [-0.4, -0.2) is 11.8 Å². The number of benzene rings is 1. The Kier molecular flexibility index (Phi) is 3.21. The fourth-order valence-electron chi connectivity index (χ4n) is 2.54. The summed E-state index contributed by atoms with van der Waals surface area (Å²) in [6, 6.07) is 7.03. The maximum Gasteiger partial charge on any atom is 0.319 e. The lowest BCUT2D eigenvalue weighted by molar-refractivity contribution is -0.186. The Labute approximate surface area is 117 Å². The molecule has 0 radical (unpaired) electrons. The van der Waals surface area contributed by atoms with E-state index in [1.807, 2.05) is 13.8 Å². The van der Waals surface area contributed by atoms with Gasteiger partial charge in [-0.3, -0.25) is 9.59 Å². The van der Waals surface area contributed by atoms with E-state index in [2.05, 4.69) is 0 Å². The molecule has 0 aromatic heterocycles. The molecule has 1 fully saturated rings. The second kappa shape index (κ2) is 4.34. The van der Waals surface area contributed by atoms with Gasteiger partial charge in [0.1, 0.15) is 11.5 Å². The van der Waals surface area contributed by atoms with Crippen LogP contribution in [0.1, 0.15) is 39.4 Å². The lowest BCUT2D eigenvalue weighted by Gasteiger charge is -2.43. The van der Waals surface area contributed by atoms with Crippen molar-refractivity contribution in [2.45, 2.75) is 33.8 Å². The van der Waals surface area contributed by atoms with Crippen LogP contribution < -0.4 is 0 Å². The minimum Gasteiger partial charge on any atom is -0.456 e. The van der Waals surface area contributed by atoms with Gasteiger partial charge in [0.2, 0.25) is 0 Å². The molecule has 4 heteroatoms. The first kappa shape index (κ1) is 14.1. The van der Waals surface area contributed by atoms with Crippen molar-refractivity contribution < 1.29 is 14.3 Å². The molecular formula is C15H17ClO3. The van der Waals surface area contributed by atoms with Gasteiger partial charge in [0.05, 0.1) is 5.41 Å². The summed E-state index contributed by atoms with van der Waals surface area (Å²) in [6.45, 7) is 6.83. The smallest absolute Gasteiger partial charge is 0.319 e. The Bertz CT molecular complexity index is 529. The number of ether oxygens (including phenoxy) is 1. The number of cyclic esters (lactones) is 1. The van der Waals surface area contributed by atoms with Gasteiger partial charge < -0.3 is 4.74 Å². The van der Waals surface area contributed by atoms with Gasteiger partial charge in [-0.15, -0.1) is 0 Å². The van der Waals surface area contributed by atoms with Crippen LogP contribution in [0.25, 0.3) is 0 Å². The molecule has 1 heterocycles. The molecule has 1 aliphatic heterocycles. The topological polar surface area (TPSA) is 43.4 Å². The van der Waals surface area contributed by atoms with Crippen LogP contribution in [0.2, 0.25) is 5.02 Å². The zero-order valence-electron chi connectivity index (χ0n) is 11.5. The highest BCUT2D eigenvalue weighted by atomic mass is 35.5. The molecule has 3 nitrogen and oxygen atoms in total. The van der Waals surface area contributed by atoms with Crippen molar-refractivity contribution in [1.82, 2.24) is 0 Å². The fourth-order valence-corrected chi connectivity index (χ4v) is 2.67. The van der Waals surface area contributed by atoms with E-state index in [1.165, 1.54) is 0 Å². The summed E-state index contributed by atoms with van der Waals surface area (Å²) in [4.78, 5) is 24.5. The quantitative estimate of drug-likeness (QED) is 0.583.